The zero-order chi connectivity index (χ0) is 7.84. The monoisotopic (exact) mass is 230 g/mol. The number of fused-ring (bicyclic) bond motifs is 1. The van der Waals surface area contributed by atoms with Crippen molar-refractivity contribution in [1.82, 2.24) is 0 Å². The van der Waals surface area contributed by atoms with Gasteiger partial charge >= 0.3 is 0 Å². The molecule has 0 N–H and O–H groups in total. The third-order valence-corrected chi connectivity index (χ3v) is 2.78. The van der Waals surface area contributed by atoms with Gasteiger partial charge in [0.15, 0.2) is 5.58 Å². The molecule has 0 spiro atoms. The molecule has 0 aliphatic rings. The summed E-state index contributed by atoms with van der Waals surface area (Å²) >= 11 is 9.24. The standard InChI is InChI=1S/C8H4BrClO/c9-6-2-1-5-3-4-11-8(5)7(6)10/h1-4H. The highest BCUT2D eigenvalue weighted by molar-refractivity contribution is 9.10. The molecule has 1 aromatic heterocycles. The Bertz CT molecular complexity index is 394. The first-order chi connectivity index (χ1) is 5.29. The van der Waals surface area contributed by atoms with E-state index in [2.05, 4.69) is 15.9 Å². The number of hydrogen-bond donors (Lipinski definition) is 0. The topological polar surface area (TPSA) is 13.1 Å². The lowest BCUT2D eigenvalue weighted by Gasteiger charge is -1.94. The molecular weight excluding hydrogens is 227 g/mol. The maximum absolute atomic E-state index is 5.93. The highest BCUT2D eigenvalue weighted by Gasteiger charge is 2.04. The minimum Gasteiger partial charge on any atom is -0.463 e. The summed E-state index contributed by atoms with van der Waals surface area (Å²) in [5.74, 6) is 0. The normalized spacial score (nSPS) is 10.7. The second kappa shape index (κ2) is 2.54. The molecule has 56 valence electrons. The lowest BCUT2D eigenvalue weighted by Crippen LogP contribution is -1.68. The van der Waals surface area contributed by atoms with Crippen molar-refractivity contribution in [1.29, 1.82) is 0 Å². The van der Waals surface area contributed by atoms with Crippen molar-refractivity contribution in [2.75, 3.05) is 0 Å². The zero-order valence-electron chi connectivity index (χ0n) is 5.47. The first-order valence-electron chi connectivity index (χ1n) is 3.10. The molecule has 0 fully saturated rings. The van der Waals surface area contributed by atoms with Crippen LogP contribution in [-0.4, -0.2) is 0 Å². The van der Waals surface area contributed by atoms with Crippen LogP contribution < -0.4 is 0 Å². The Morgan fingerprint density at radius 1 is 1.27 bits per heavy atom. The van der Waals surface area contributed by atoms with Crippen LogP contribution in [0.4, 0.5) is 0 Å². The SMILES string of the molecule is Clc1c(Br)ccc2ccoc12. The van der Waals surface area contributed by atoms with Crippen molar-refractivity contribution in [3.8, 4) is 0 Å². The highest BCUT2D eigenvalue weighted by atomic mass is 79.9. The zero-order valence-corrected chi connectivity index (χ0v) is 7.82. The second-order valence-electron chi connectivity index (χ2n) is 2.20. The van der Waals surface area contributed by atoms with Crippen LogP contribution in [0.1, 0.15) is 0 Å². The third-order valence-electron chi connectivity index (χ3n) is 1.51. The summed E-state index contributed by atoms with van der Waals surface area (Å²) in [5, 5.41) is 1.66. The van der Waals surface area contributed by atoms with E-state index >= 15 is 0 Å². The van der Waals surface area contributed by atoms with Crippen molar-refractivity contribution < 1.29 is 4.42 Å². The average molecular weight is 231 g/mol. The largest absolute Gasteiger partial charge is 0.463 e. The van der Waals surface area contributed by atoms with Crippen LogP contribution in [0.25, 0.3) is 11.0 Å². The smallest absolute Gasteiger partial charge is 0.153 e. The molecule has 1 heterocycles. The molecule has 0 unspecified atom stereocenters. The quantitative estimate of drug-likeness (QED) is 0.671. The van der Waals surface area contributed by atoms with Crippen LogP contribution in [0.2, 0.25) is 5.02 Å². The number of halogens is 2. The van der Waals surface area contributed by atoms with Gasteiger partial charge in [-0.15, -0.1) is 0 Å². The molecule has 0 bridgehead atoms. The molecule has 1 aromatic carbocycles. The minimum atomic E-state index is 0.632. The molecule has 3 heteroatoms. The van der Waals surface area contributed by atoms with Crippen molar-refractivity contribution in [2.45, 2.75) is 0 Å². The summed E-state index contributed by atoms with van der Waals surface area (Å²) < 4.78 is 6.03. The van der Waals surface area contributed by atoms with Gasteiger partial charge in [0.25, 0.3) is 0 Å². The number of rotatable bonds is 0. The fourth-order valence-corrected chi connectivity index (χ4v) is 1.50. The predicted octanol–water partition coefficient (Wildman–Crippen LogP) is 3.85. The van der Waals surface area contributed by atoms with Crippen LogP contribution in [0.3, 0.4) is 0 Å². The van der Waals surface area contributed by atoms with Gasteiger partial charge in [-0.1, -0.05) is 11.6 Å². The molecule has 0 saturated heterocycles. The second-order valence-corrected chi connectivity index (χ2v) is 3.43. The summed E-state index contributed by atoms with van der Waals surface area (Å²) in [5.41, 5.74) is 0.737. The maximum Gasteiger partial charge on any atom is 0.153 e. The van der Waals surface area contributed by atoms with E-state index in [4.69, 9.17) is 16.0 Å². The molecule has 0 radical (unpaired) electrons. The molecule has 0 aliphatic carbocycles. The van der Waals surface area contributed by atoms with E-state index in [9.17, 15) is 0 Å². The fourth-order valence-electron chi connectivity index (χ4n) is 0.973. The Labute approximate surface area is 77.1 Å². The van der Waals surface area contributed by atoms with Crippen LogP contribution in [0, 0.1) is 0 Å². The van der Waals surface area contributed by atoms with E-state index in [-0.39, 0.29) is 0 Å². The summed E-state index contributed by atoms with van der Waals surface area (Å²) in [6.45, 7) is 0. The number of hydrogen-bond acceptors (Lipinski definition) is 1. The van der Waals surface area contributed by atoms with Crippen LogP contribution in [0.5, 0.6) is 0 Å². The lowest BCUT2D eigenvalue weighted by atomic mass is 10.3. The molecule has 0 atom stereocenters. The van der Waals surface area contributed by atoms with Gasteiger partial charge in [0.05, 0.1) is 11.3 Å². The Morgan fingerprint density at radius 2 is 2.09 bits per heavy atom. The van der Waals surface area contributed by atoms with E-state index in [0.717, 1.165) is 15.4 Å². The lowest BCUT2D eigenvalue weighted by molar-refractivity contribution is 0.616. The van der Waals surface area contributed by atoms with Gasteiger partial charge in [-0.2, -0.15) is 0 Å². The summed E-state index contributed by atoms with van der Waals surface area (Å²) in [4.78, 5) is 0. The van der Waals surface area contributed by atoms with Gasteiger partial charge in [-0.05, 0) is 34.1 Å². The summed E-state index contributed by atoms with van der Waals surface area (Å²) in [6, 6.07) is 5.74. The van der Waals surface area contributed by atoms with E-state index in [1.807, 2.05) is 18.2 Å². The van der Waals surface area contributed by atoms with E-state index in [0.29, 0.717) is 5.02 Å². The van der Waals surface area contributed by atoms with E-state index < -0.39 is 0 Å². The molecule has 11 heavy (non-hydrogen) atoms. The molecular formula is C8H4BrClO. The molecule has 0 amide bonds. The first-order valence-corrected chi connectivity index (χ1v) is 4.27. The Morgan fingerprint density at radius 3 is 2.91 bits per heavy atom. The number of furan rings is 1. The van der Waals surface area contributed by atoms with Gasteiger partial charge in [-0.3, -0.25) is 0 Å². The Kier molecular flexibility index (Phi) is 1.66. The van der Waals surface area contributed by atoms with Crippen molar-refractivity contribution in [2.24, 2.45) is 0 Å². The fraction of sp³-hybridized carbons (Fsp3) is 0. The molecule has 2 aromatic rings. The Hall–Kier alpha value is -0.470. The van der Waals surface area contributed by atoms with Gasteiger partial charge in [0, 0.05) is 9.86 Å². The molecule has 1 nitrogen and oxygen atoms in total. The predicted molar refractivity (Wildman–Crippen MR) is 48.9 cm³/mol. The van der Waals surface area contributed by atoms with Crippen molar-refractivity contribution >= 4 is 38.5 Å². The molecule has 2 rings (SSSR count). The van der Waals surface area contributed by atoms with Crippen molar-refractivity contribution in [3.63, 3.8) is 0 Å². The molecule has 0 saturated carbocycles. The first kappa shape index (κ1) is 7.19. The average Bonchev–Trinajstić information content (AvgIpc) is 2.45. The van der Waals surface area contributed by atoms with Gasteiger partial charge in [0.2, 0.25) is 0 Å². The van der Waals surface area contributed by atoms with Crippen LogP contribution >= 0.6 is 27.5 Å². The van der Waals surface area contributed by atoms with E-state index in [1.54, 1.807) is 6.26 Å². The van der Waals surface area contributed by atoms with Gasteiger partial charge < -0.3 is 4.42 Å². The minimum absolute atomic E-state index is 0.632. The maximum atomic E-state index is 5.93. The van der Waals surface area contributed by atoms with Crippen molar-refractivity contribution in [3.05, 3.63) is 34.0 Å². The molecule has 0 aliphatic heterocycles. The van der Waals surface area contributed by atoms with Crippen LogP contribution in [0.15, 0.2) is 33.4 Å². The van der Waals surface area contributed by atoms with E-state index in [1.165, 1.54) is 0 Å². The summed E-state index contributed by atoms with van der Waals surface area (Å²) in [6.07, 6.45) is 1.63. The summed E-state index contributed by atoms with van der Waals surface area (Å²) in [7, 11) is 0. The Balaban J connectivity index is 2.93. The highest BCUT2D eigenvalue weighted by Crippen LogP contribution is 2.31. The van der Waals surface area contributed by atoms with Crippen LogP contribution in [-0.2, 0) is 0 Å². The van der Waals surface area contributed by atoms with Gasteiger partial charge in [-0.25, -0.2) is 0 Å². The van der Waals surface area contributed by atoms with Gasteiger partial charge in [0.1, 0.15) is 0 Å². The number of benzene rings is 1. The third kappa shape index (κ3) is 1.06.